The van der Waals surface area contributed by atoms with Crippen LogP contribution in [0.4, 0.5) is 0 Å². The second-order valence-electron chi connectivity index (χ2n) is 4.25. The molecule has 0 aliphatic rings. The van der Waals surface area contributed by atoms with Crippen LogP contribution in [0.25, 0.3) is 0 Å². The highest BCUT2D eigenvalue weighted by Crippen LogP contribution is 2.06. The zero-order valence-corrected chi connectivity index (χ0v) is 12.4. The highest BCUT2D eigenvalue weighted by atomic mass is 35.5. The normalized spacial score (nSPS) is 11.5. The molecule has 0 spiro atoms. The number of nitrogens with two attached hydrogens (primary N) is 1. The molecule has 0 unspecified atom stereocenters. The number of nitrogens with zero attached hydrogens (tertiary/aromatic N) is 1. The van der Waals surface area contributed by atoms with Crippen molar-refractivity contribution in [2.75, 3.05) is 20.3 Å². The molecule has 0 heterocycles. The van der Waals surface area contributed by atoms with Gasteiger partial charge in [-0.2, -0.15) is 0 Å². The number of ether oxygens (including phenoxy) is 1. The maximum Gasteiger partial charge on any atom is 0.239 e. The molecule has 0 radical (unpaired) electrons. The first-order valence-electron chi connectivity index (χ1n) is 6.26. The van der Waals surface area contributed by atoms with Crippen LogP contribution in [0.1, 0.15) is 18.9 Å². The number of hydrogen-bond acceptors (Lipinski definition) is 3. The van der Waals surface area contributed by atoms with Crippen molar-refractivity contribution < 1.29 is 9.53 Å². The van der Waals surface area contributed by atoms with Gasteiger partial charge in [-0.1, -0.05) is 37.3 Å². The van der Waals surface area contributed by atoms with E-state index >= 15 is 0 Å². The van der Waals surface area contributed by atoms with Crippen LogP contribution in [-0.4, -0.2) is 37.1 Å². The zero-order chi connectivity index (χ0) is 13.4. The second-order valence-corrected chi connectivity index (χ2v) is 4.25. The molecule has 1 rings (SSSR count). The van der Waals surface area contributed by atoms with Crippen LogP contribution >= 0.6 is 12.4 Å². The fraction of sp³-hybridized carbons (Fsp3) is 0.500. The zero-order valence-electron chi connectivity index (χ0n) is 11.5. The quantitative estimate of drug-likeness (QED) is 0.832. The Morgan fingerprint density at radius 3 is 2.53 bits per heavy atom. The van der Waals surface area contributed by atoms with Gasteiger partial charge >= 0.3 is 0 Å². The van der Waals surface area contributed by atoms with Crippen molar-refractivity contribution in [2.24, 2.45) is 5.73 Å². The van der Waals surface area contributed by atoms with Crippen molar-refractivity contribution in [1.82, 2.24) is 4.90 Å². The number of rotatable bonds is 7. The van der Waals surface area contributed by atoms with Gasteiger partial charge in [-0.25, -0.2) is 0 Å². The van der Waals surface area contributed by atoms with E-state index in [9.17, 15) is 4.79 Å². The number of benzene rings is 1. The molecule has 4 nitrogen and oxygen atoms in total. The predicted octanol–water partition coefficient (Wildman–Crippen LogP) is 1.82. The number of amides is 1. The van der Waals surface area contributed by atoms with Crippen molar-refractivity contribution in [2.45, 2.75) is 25.9 Å². The highest BCUT2D eigenvalue weighted by Gasteiger charge is 2.19. The molecule has 0 bridgehead atoms. The van der Waals surface area contributed by atoms with E-state index in [0.29, 0.717) is 26.1 Å². The van der Waals surface area contributed by atoms with Crippen molar-refractivity contribution in [3.05, 3.63) is 35.9 Å². The first kappa shape index (κ1) is 17.9. The van der Waals surface area contributed by atoms with Gasteiger partial charge in [0.1, 0.15) is 0 Å². The van der Waals surface area contributed by atoms with E-state index in [-0.39, 0.29) is 18.3 Å². The average molecular weight is 287 g/mol. The summed E-state index contributed by atoms with van der Waals surface area (Å²) in [6.45, 7) is 3.59. The Balaban J connectivity index is 0.00000324. The van der Waals surface area contributed by atoms with E-state index in [1.54, 1.807) is 12.0 Å². The van der Waals surface area contributed by atoms with E-state index < -0.39 is 6.04 Å². The summed E-state index contributed by atoms with van der Waals surface area (Å²) in [6.07, 6.45) is 0.650. The first-order valence-corrected chi connectivity index (χ1v) is 6.26. The second kappa shape index (κ2) is 9.78. The number of methoxy groups -OCH3 is 1. The van der Waals surface area contributed by atoms with Crippen LogP contribution in [0.15, 0.2) is 30.3 Å². The molecular weight excluding hydrogens is 264 g/mol. The average Bonchev–Trinajstić information content (AvgIpc) is 2.42. The van der Waals surface area contributed by atoms with Crippen molar-refractivity contribution in [3.8, 4) is 0 Å². The Kier molecular flexibility index (Phi) is 9.21. The molecule has 0 aliphatic carbocycles. The summed E-state index contributed by atoms with van der Waals surface area (Å²) in [6, 6.07) is 9.48. The fourth-order valence-corrected chi connectivity index (χ4v) is 1.68. The van der Waals surface area contributed by atoms with Crippen LogP contribution in [0.5, 0.6) is 0 Å². The van der Waals surface area contributed by atoms with Crippen LogP contribution in [0.2, 0.25) is 0 Å². The lowest BCUT2D eigenvalue weighted by molar-refractivity contribution is -0.133. The molecule has 19 heavy (non-hydrogen) atoms. The number of carbonyl (C=O) groups is 1. The highest BCUT2D eigenvalue weighted by molar-refractivity contribution is 5.85. The Hall–Kier alpha value is -1.10. The monoisotopic (exact) mass is 286 g/mol. The van der Waals surface area contributed by atoms with E-state index in [4.69, 9.17) is 10.5 Å². The smallest absolute Gasteiger partial charge is 0.239 e. The minimum absolute atomic E-state index is 0. The lowest BCUT2D eigenvalue weighted by Crippen LogP contribution is -2.44. The van der Waals surface area contributed by atoms with Gasteiger partial charge in [-0.3, -0.25) is 4.79 Å². The summed E-state index contributed by atoms with van der Waals surface area (Å²) in [7, 11) is 1.63. The van der Waals surface area contributed by atoms with E-state index in [2.05, 4.69) is 0 Å². The standard InChI is InChI=1S/C14H22N2O2.ClH/c1-3-13(15)14(17)16(9-10-18-2)11-12-7-5-4-6-8-12;/h4-8,13H,3,9-11,15H2,1-2H3;1H/t13-;/m0./s1. The van der Waals surface area contributed by atoms with Gasteiger partial charge in [0.05, 0.1) is 12.6 Å². The van der Waals surface area contributed by atoms with Crippen LogP contribution in [0, 0.1) is 0 Å². The molecule has 1 amide bonds. The maximum absolute atomic E-state index is 12.1. The van der Waals surface area contributed by atoms with Crippen molar-refractivity contribution in [3.63, 3.8) is 0 Å². The topological polar surface area (TPSA) is 55.6 Å². The third-order valence-electron chi connectivity index (χ3n) is 2.85. The molecule has 108 valence electrons. The van der Waals surface area contributed by atoms with Gasteiger partial charge in [-0.05, 0) is 12.0 Å². The van der Waals surface area contributed by atoms with E-state index in [0.717, 1.165) is 5.56 Å². The predicted molar refractivity (Wildman–Crippen MR) is 79.2 cm³/mol. The number of halogens is 1. The maximum atomic E-state index is 12.1. The summed E-state index contributed by atoms with van der Waals surface area (Å²) in [5.41, 5.74) is 6.91. The molecule has 2 N–H and O–H groups in total. The lowest BCUT2D eigenvalue weighted by atomic mass is 10.1. The Labute approximate surface area is 121 Å². The molecule has 1 atom stereocenters. The van der Waals surface area contributed by atoms with Crippen LogP contribution < -0.4 is 5.73 Å². The third-order valence-corrected chi connectivity index (χ3v) is 2.85. The SMILES string of the molecule is CC[C@H](N)C(=O)N(CCOC)Cc1ccccc1.Cl. The van der Waals surface area contributed by atoms with Gasteiger partial charge in [0.2, 0.25) is 5.91 Å². The first-order chi connectivity index (χ1) is 8.69. The third kappa shape index (κ3) is 6.05. The molecule has 0 aliphatic heterocycles. The lowest BCUT2D eigenvalue weighted by Gasteiger charge is -2.25. The molecular formula is C14H23ClN2O2. The minimum Gasteiger partial charge on any atom is -0.383 e. The molecule has 0 saturated carbocycles. The molecule has 5 heteroatoms. The number of carbonyl (C=O) groups excluding carboxylic acids is 1. The summed E-state index contributed by atoms with van der Waals surface area (Å²) in [5.74, 6) is -0.0154. The van der Waals surface area contributed by atoms with E-state index in [1.165, 1.54) is 0 Å². The van der Waals surface area contributed by atoms with Crippen LogP contribution in [-0.2, 0) is 16.1 Å². The fourth-order valence-electron chi connectivity index (χ4n) is 1.68. The van der Waals surface area contributed by atoms with Gasteiger partial charge in [-0.15, -0.1) is 12.4 Å². The largest absolute Gasteiger partial charge is 0.383 e. The van der Waals surface area contributed by atoms with Crippen molar-refractivity contribution >= 4 is 18.3 Å². The minimum atomic E-state index is -0.425. The Bertz CT molecular complexity index is 360. The van der Waals surface area contributed by atoms with Gasteiger partial charge in [0.25, 0.3) is 0 Å². The van der Waals surface area contributed by atoms with Gasteiger partial charge in [0.15, 0.2) is 0 Å². The van der Waals surface area contributed by atoms with Gasteiger partial charge in [0, 0.05) is 20.2 Å². The molecule has 0 fully saturated rings. The Morgan fingerprint density at radius 1 is 1.37 bits per heavy atom. The molecule has 1 aromatic carbocycles. The van der Waals surface area contributed by atoms with Crippen molar-refractivity contribution in [1.29, 1.82) is 0 Å². The molecule has 1 aromatic rings. The number of hydrogen-bond donors (Lipinski definition) is 1. The summed E-state index contributed by atoms with van der Waals surface area (Å²) < 4.78 is 5.04. The van der Waals surface area contributed by atoms with E-state index in [1.807, 2.05) is 37.3 Å². The van der Waals surface area contributed by atoms with Crippen LogP contribution in [0.3, 0.4) is 0 Å². The summed E-state index contributed by atoms with van der Waals surface area (Å²) >= 11 is 0. The summed E-state index contributed by atoms with van der Waals surface area (Å²) in [4.78, 5) is 13.9. The summed E-state index contributed by atoms with van der Waals surface area (Å²) in [5, 5.41) is 0. The molecule has 0 aromatic heterocycles. The molecule has 0 saturated heterocycles. The Morgan fingerprint density at radius 2 is 2.00 bits per heavy atom. The van der Waals surface area contributed by atoms with Gasteiger partial charge < -0.3 is 15.4 Å².